The fraction of sp³-hybridized carbons (Fsp3) is 0.188. The Hall–Kier alpha value is -2.87. The fourth-order valence-corrected chi connectivity index (χ4v) is 1.98. The van der Waals surface area contributed by atoms with Crippen molar-refractivity contribution >= 4 is 11.6 Å². The third-order valence-electron chi connectivity index (χ3n) is 3.00. The van der Waals surface area contributed by atoms with Crippen LogP contribution in [0.1, 0.15) is 16.8 Å². The van der Waals surface area contributed by atoms with Gasteiger partial charge in [0.2, 0.25) is 0 Å². The van der Waals surface area contributed by atoms with Gasteiger partial charge in [-0.15, -0.1) is 0 Å². The monoisotopic (exact) mass is 281 g/mol. The van der Waals surface area contributed by atoms with Crippen LogP contribution in [0.25, 0.3) is 0 Å². The molecule has 0 bridgehead atoms. The van der Waals surface area contributed by atoms with Gasteiger partial charge in [0.25, 0.3) is 5.91 Å². The van der Waals surface area contributed by atoms with Gasteiger partial charge in [-0.1, -0.05) is 18.2 Å². The first-order valence-corrected chi connectivity index (χ1v) is 6.49. The predicted octanol–water partition coefficient (Wildman–Crippen LogP) is 2.65. The Bertz CT molecular complexity index is 650. The summed E-state index contributed by atoms with van der Waals surface area (Å²) in [7, 11) is 1.50. The maximum absolute atomic E-state index is 12.7. The highest BCUT2D eigenvalue weighted by atomic mass is 16.5. The van der Waals surface area contributed by atoms with Crippen LogP contribution in [0.4, 0.5) is 5.69 Å². The lowest BCUT2D eigenvalue weighted by Gasteiger charge is -2.22. The van der Waals surface area contributed by atoms with Crippen molar-refractivity contribution in [2.75, 3.05) is 18.6 Å². The Morgan fingerprint density at radius 1 is 1.33 bits per heavy atom. The normalized spacial score (nSPS) is 9.71. The van der Waals surface area contributed by atoms with E-state index in [0.29, 0.717) is 17.9 Å². The predicted molar refractivity (Wildman–Crippen MR) is 79.1 cm³/mol. The van der Waals surface area contributed by atoms with Gasteiger partial charge in [-0.3, -0.25) is 9.78 Å². The number of pyridine rings is 1. The van der Waals surface area contributed by atoms with E-state index in [-0.39, 0.29) is 12.3 Å². The highest BCUT2D eigenvalue weighted by Gasteiger charge is 2.20. The highest BCUT2D eigenvalue weighted by Crippen LogP contribution is 2.22. The molecule has 2 rings (SSSR count). The molecule has 0 N–H and O–H groups in total. The molecule has 5 nitrogen and oxygen atoms in total. The number of carbonyl (C=O) groups excluding carboxylic acids is 1. The quantitative estimate of drug-likeness (QED) is 0.845. The lowest BCUT2D eigenvalue weighted by molar-refractivity contribution is 0.0984. The lowest BCUT2D eigenvalue weighted by Crippen LogP contribution is -2.32. The molecule has 1 aromatic heterocycles. The van der Waals surface area contributed by atoms with Crippen molar-refractivity contribution in [3.63, 3.8) is 0 Å². The SMILES string of the molecule is COc1cnccc1C(=O)N(CCC#N)c1ccccc1. The van der Waals surface area contributed by atoms with Crippen LogP contribution in [0.3, 0.4) is 0 Å². The Labute approximate surface area is 123 Å². The van der Waals surface area contributed by atoms with Crippen molar-refractivity contribution in [3.8, 4) is 11.8 Å². The first kappa shape index (κ1) is 14.5. The van der Waals surface area contributed by atoms with E-state index >= 15 is 0 Å². The van der Waals surface area contributed by atoms with Crippen LogP contribution in [0, 0.1) is 11.3 Å². The van der Waals surface area contributed by atoms with E-state index < -0.39 is 0 Å². The molecule has 1 heterocycles. The second-order valence-corrected chi connectivity index (χ2v) is 4.28. The second-order valence-electron chi connectivity index (χ2n) is 4.28. The number of amides is 1. The molecule has 0 spiro atoms. The van der Waals surface area contributed by atoms with Crippen molar-refractivity contribution < 1.29 is 9.53 Å². The van der Waals surface area contributed by atoms with Gasteiger partial charge < -0.3 is 9.64 Å². The lowest BCUT2D eigenvalue weighted by atomic mass is 10.2. The van der Waals surface area contributed by atoms with Crippen molar-refractivity contribution in [2.24, 2.45) is 0 Å². The Morgan fingerprint density at radius 2 is 2.10 bits per heavy atom. The highest BCUT2D eigenvalue weighted by molar-refractivity contribution is 6.07. The number of hydrogen-bond donors (Lipinski definition) is 0. The fourth-order valence-electron chi connectivity index (χ4n) is 1.98. The molecule has 0 atom stereocenters. The first-order chi connectivity index (χ1) is 10.3. The number of carbonyl (C=O) groups is 1. The summed E-state index contributed by atoms with van der Waals surface area (Å²) in [6.45, 7) is 0.324. The third kappa shape index (κ3) is 3.37. The summed E-state index contributed by atoms with van der Waals surface area (Å²) in [6.07, 6.45) is 3.30. The summed E-state index contributed by atoms with van der Waals surface area (Å²) in [6, 6.07) is 12.9. The molecule has 1 amide bonds. The maximum Gasteiger partial charge on any atom is 0.262 e. The van der Waals surface area contributed by atoms with E-state index in [1.165, 1.54) is 13.3 Å². The van der Waals surface area contributed by atoms with Gasteiger partial charge in [0.05, 0.1) is 31.4 Å². The molecule has 0 saturated carbocycles. The number of anilines is 1. The zero-order valence-corrected chi connectivity index (χ0v) is 11.7. The largest absolute Gasteiger partial charge is 0.494 e. The van der Waals surface area contributed by atoms with Crippen molar-refractivity contribution in [1.82, 2.24) is 4.98 Å². The standard InChI is InChI=1S/C16H15N3O2/c1-21-15-12-18-10-8-14(15)16(20)19(11-5-9-17)13-6-3-2-4-7-13/h2-4,6-8,10,12H,5,11H2,1H3. The summed E-state index contributed by atoms with van der Waals surface area (Å²) in [5, 5.41) is 8.79. The number of nitrogens with zero attached hydrogens (tertiary/aromatic N) is 3. The zero-order chi connectivity index (χ0) is 15.1. The van der Waals surface area contributed by atoms with Crippen LogP contribution < -0.4 is 9.64 Å². The van der Waals surface area contributed by atoms with E-state index in [1.807, 2.05) is 30.3 Å². The van der Waals surface area contributed by atoms with Crippen molar-refractivity contribution in [2.45, 2.75) is 6.42 Å². The van der Waals surface area contributed by atoms with E-state index in [1.54, 1.807) is 17.2 Å². The number of para-hydroxylation sites is 1. The number of methoxy groups -OCH3 is 1. The molecule has 0 aliphatic carbocycles. The van der Waals surface area contributed by atoms with Crippen LogP contribution in [0.5, 0.6) is 5.75 Å². The van der Waals surface area contributed by atoms with Crippen molar-refractivity contribution in [1.29, 1.82) is 5.26 Å². The van der Waals surface area contributed by atoms with Gasteiger partial charge in [0.15, 0.2) is 0 Å². The van der Waals surface area contributed by atoms with E-state index in [4.69, 9.17) is 10.00 Å². The van der Waals surface area contributed by atoms with Crippen LogP contribution in [-0.2, 0) is 0 Å². The number of aromatic nitrogens is 1. The van der Waals surface area contributed by atoms with Gasteiger partial charge in [-0.25, -0.2) is 0 Å². The van der Waals surface area contributed by atoms with E-state index in [2.05, 4.69) is 11.1 Å². The minimum absolute atomic E-state index is 0.212. The molecular weight excluding hydrogens is 266 g/mol. The Balaban J connectivity index is 2.37. The molecule has 21 heavy (non-hydrogen) atoms. The number of hydrogen-bond acceptors (Lipinski definition) is 4. The minimum atomic E-state index is -0.212. The van der Waals surface area contributed by atoms with Crippen LogP contribution in [-0.4, -0.2) is 24.5 Å². The molecule has 0 aliphatic rings. The summed E-state index contributed by atoms with van der Waals surface area (Å²) in [5.74, 6) is 0.205. The van der Waals surface area contributed by atoms with Gasteiger partial charge >= 0.3 is 0 Å². The average molecular weight is 281 g/mol. The molecule has 2 aromatic rings. The molecule has 0 fully saturated rings. The van der Waals surface area contributed by atoms with Crippen molar-refractivity contribution in [3.05, 3.63) is 54.4 Å². The zero-order valence-electron chi connectivity index (χ0n) is 11.7. The smallest absolute Gasteiger partial charge is 0.262 e. The van der Waals surface area contributed by atoms with Gasteiger partial charge in [0, 0.05) is 18.4 Å². The molecule has 0 radical (unpaired) electrons. The number of benzene rings is 1. The molecular formula is C16H15N3O2. The molecule has 0 unspecified atom stereocenters. The Kier molecular flexibility index (Phi) is 4.89. The molecule has 1 aromatic carbocycles. The summed E-state index contributed by atoms with van der Waals surface area (Å²) in [5.41, 5.74) is 1.17. The summed E-state index contributed by atoms with van der Waals surface area (Å²) in [4.78, 5) is 18.3. The third-order valence-corrected chi connectivity index (χ3v) is 3.00. The van der Waals surface area contributed by atoms with Crippen LogP contribution in [0.15, 0.2) is 48.8 Å². The maximum atomic E-state index is 12.7. The molecule has 106 valence electrons. The van der Waals surface area contributed by atoms with Gasteiger partial charge in [0.1, 0.15) is 5.75 Å². The van der Waals surface area contributed by atoms with Crippen LogP contribution in [0.2, 0.25) is 0 Å². The second kappa shape index (κ2) is 7.06. The van der Waals surface area contributed by atoms with Gasteiger partial charge in [-0.05, 0) is 18.2 Å². The summed E-state index contributed by atoms with van der Waals surface area (Å²) < 4.78 is 5.18. The number of ether oxygens (including phenoxy) is 1. The number of nitriles is 1. The minimum Gasteiger partial charge on any atom is -0.494 e. The number of rotatable bonds is 5. The molecule has 5 heteroatoms. The van der Waals surface area contributed by atoms with Crippen LogP contribution >= 0.6 is 0 Å². The topological polar surface area (TPSA) is 66.2 Å². The average Bonchev–Trinajstić information content (AvgIpc) is 2.56. The van der Waals surface area contributed by atoms with E-state index in [9.17, 15) is 4.79 Å². The summed E-state index contributed by atoms with van der Waals surface area (Å²) >= 11 is 0. The Morgan fingerprint density at radius 3 is 2.76 bits per heavy atom. The van der Waals surface area contributed by atoms with E-state index in [0.717, 1.165) is 5.69 Å². The first-order valence-electron chi connectivity index (χ1n) is 6.49. The molecule has 0 aliphatic heterocycles. The van der Waals surface area contributed by atoms with Gasteiger partial charge in [-0.2, -0.15) is 5.26 Å². The molecule has 0 saturated heterocycles.